The number of rotatable bonds is 7. The average molecular weight is 633 g/mol. The maximum absolute atomic E-state index is 15.6. The molecule has 6 rings (SSSR count). The van der Waals surface area contributed by atoms with Crippen LogP contribution in [0.15, 0.2) is 23.8 Å². The van der Waals surface area contributed by atoms with Gasteiger partial charge in [-0.15, -0.1) is 12.2 Å². The maximum atomic E-state index is 15.6. The van der Waals surface area contributed by atoms with E-state index in [1.54, 1.807) is 0 Å². The first-order valence-corrected chi connectivity index (χ1v) is 16.0. The lowest BCUT2D eigenvalue weighted by atomic mass is 10.1. The minimum atomic E-state index is -3.52. The number of alkyl halides is 2. The van der Waals surface area contributed by atoms with Crippen LogP contribution >= 0.6 is 17.7 Å². The van der Waals surface area contributed by atoms with Gasteiger partial charge in [0.05, 0.1) is 31.5 Å². The van der Waals surface area contributed by atoms with Crippen molar-refractivity contribution in [2.24, 2.45) is 0 Å². The minimum Gasteiger partial charge on any atom is -0.394 e. The molecule has 41 heavy (non-hydrogen) atoms. The molecular formula is C20H23F2N10O6PS2. The molecule has 1 unspecified atom stereocenters. The van der Waals surface area contributed by atoms with Gasteiger partial charge in [-0.2, -0.15) is 4.98 Å². The van der Waals surface area contributed by atoms with E-state index in [1.165, 1.54) is 28.1 Å². The van der Waals surface area contributed by atoms with Crippen LogP contribution in [0, 0.1) is 0 Å². The summed E-state index contributed by atoms with van der Waals surface area (Å²) in [5.74, 6) is -0.125. The molecule has 21 heteroatoms. The van der Waals surface area contributed by atoms with Gasteiger partial charge in [0.1, 0.15) is 41.8 Å². The zero-order chi connectivity index (χ0) is 29.2. The molecule has 7 N–H and O–H groups in total. The van der Waals surface area contributed by atoms with Crippen LogP contribution in [0.1, 0.15) is 12.5 Å². The second-order valence-electron chi connectivity index (χ2n) is 9.40. The summed E-state index contributed by atoms with van der Waals surface area (Å²) in [5, 5.41) is 20.3. The highest BCUT2D eigenvalue weighted by Gasteiger charge is 2.54. The third-order valence-electron chi connectivity index (χ3n) is 6.95. The third-order valence-corrected chi connectivity index (χ3v) is 11.0. The number of aromatic amines is 1. The number of nitrogen functional groups attached to an aromatic ring is 2. The number of ether oxygens (including phenoxy) is 2. The molecule has 2 aliphatic rings. The number of fused-ring (bicyclic) bond motifs is 2. The van der Waals surface area contributed by atoms with Crippen LogP contribution in [-0.2, 0) is 25.8 Å². The summed E-state index contributed by atoms with van der Waals surface area (Å²) in [4.78, 5) is 34.6. The van der Waals surface area contributed by atoms with Crippen LogP contribution in [0.5, 0.6) is 0 Å². The van der Waals surface area contributed by atoms with Crippen LogP contribution in [0.3, 0.4) is 0 Å². The Morgan fingerprint density at radius 1 is 1.07 bits per heavy atom. The molecule has 4 aromatic heterocycles. The van der Waals surface area contributed by atoms with Crippen LogP contribution in [-0.4, -0.2) is 98.8 Å². The molecule has 2 aliphatic heterocycles. The van der Waals surface area contributed by atoms with Gasteiger partial charge in [-0.3, -0.25) is 18.9 Å². The number of hydrogen-bond acceptors (Lipinski definition) is 14. The Kier molecular flexibility index (Phi) is 7.22. The quantitative estimate of drug-likeness (QED) is 0.112. The number of thiol groups is 1. The van der Waals surface area contributed by atoms with Crippen molar-refractivity contribution in [1.29, 1.82) is 0 Å². The van der Waals surface area contributed by atoms with Crippen molar-refractivity contribution >= 4 is 63.6 Å². The molecule has 0 spiro atoms. The van der Waals surface area contributed by atoms with Crippen LogP contribution in [0.2, 0.25) is 0 Å². The number of hydrogen-bond donors (Lipinski definition) is 6. The molecule has 0 saturated carbocycles. The largest absolute Gasteiger partial charge is 0.394 e. The highest BCUT2D eigenvalue weighted by atomic mass is 32.9. The van der Waals surface area contributed by atoms with Crippen LogP contribution in [0.25, 0.3) is 22.3 Å². The number of anilines is 2. The summed E-state index contributed by atoms with van der Waals surface area (Å²) in [6.07, 6.45) is -6.91. The Balaban J connectivity index is 1.25. The van der Waals surface area contributed by atoms with E-state index in [1.807, 2.05) is 0 Å². The van der Waals surface area contributed by atoms with Gasteiger partial charge < -0.3 is 35.7 Å². The Labute approximate surface area is 238 Å². The van der Waals surface area contributed by atoms with E-state index in [4.69, 9.17) is 37.3 Å². The Hall–Kier alpha value is -2.84. The fraction of sp³-hybridized carbons (Fsp3) is 0.500. The van der Waals surface area contributed by atoms with Crippen molar-refractivity contribution in [2.45, 2.75) is 48.8 Å². The summed E-state index contributed by atoms with van der Waals surface area (Å²) in [7, 11) is 0. The molecular weight excluding hydrogens is 609 g/mol. The van der Waals surface area contributed by atoms with Crippen molar-refractivity contribution in [2.75, 3.05) is 24.7 Å². The molecule has 220 valence electrons. The number of H-pyrrole nitrogens is 1. The van der Waals surface area contributed by atoms with E-state index in [9.17, 15) is 15.0 Å². The monoisotopic (exact) mass is 632 g/mol. The lowest BCUT2D eigenvalue weighted by molar-refractivity contribution is -0.0405. The predicted molar refractivity (Wildman–Crippen MR) is 146 cm³/mol. The van der Waals surface area contributed by atoms with Crippen LogP contribution in [0.4, 0.5) is 20.5 Å². The Bertz CT molecular complexity index is 1720. The zero-order valence-electron chi connectivity index (χ0n) is 20.6. The smallest absolute Gasteiger partial charge is 0.280 e. The van der Waals surface area contributed by atoms with Gasteiger partial charge in [0.2, 0.25) is 5.95 Å². The van der Waals surface area contributed by atoms with Gasteiger partial charge in [0.15, 0.2) is 41.3 Å². The Morgan fingerprint density at radius 3 is 2.49 bits per heavy atom. The van der Waals surface area contributed by atoms with Gasteiger partial charge >= 0.3 is 0 Å². The topological polar surface area (TPSA) is 227 Å². The molecule has 0 aliphatic carbocycles. The molecule has 9 atom stereocenters. The first-order chi connectivity index (χ1) is 19.5. The van der Waals surface area contributed by atoms with Crippen molar-refractivity contribution in [3.05, 3.63) is 29.3 Å². The normalized spacial score (nSPS) is 31.7. The summed E-state index contributed by atoms with van der Waals surface area (Å²) in [5.41, 5.74) is 6.38. The second kappa shape index (κ2) is 10.5. The number of halogens is 2. The molecule has 6 heterocycles. The number of aliphatic hydroxyl groups is 2. The number of aliphatic hydroxyl groups excluding tert-OH is 2. The lowest BCUT2D eigenvalue weighted by Gasteiger charge is -2.30. The van der Waals surface area contributed by atoms with Gasteiger partial charge in [0, 0.05) is 0 Å². The van der Waals surface area contributed by atoms with Crippen molar-refractivity contribution in [1.82, 2.24) is 39.0 Å². The second-order valence-corrected chi connectivity index (χ2v) is 15.6. The third kappa shape index (κ3) is 4.67. The maximum Gasteiger partial charge on any atom is 0.280 e. The fourth-order valence-corrected chi connectivity index (χ4v) is 8.33. The Morgan fingerprint density at radius 2 is 1.76 bits per heavy atom. The van der Waals surface area contributed by atoms with Crippen molar-refractivity contribution in [3.63, 3.8) is 0 Å². The average Bonchev–Trinajstić information content (AvgIpc) is 3.68. The summed E-state index contributed by atoms with van der Waals surface area (Å²) < 4.78 is 50.8. The highest BCUT2D eigenvalue weighted by Crippen LogP contribution is 2.64. The van der Waals surface area contributed by atoms with Crippen molar-refractivity contribution in [3.8, 4) is 0 Å². The molecule has 0 radical (unpaired) electrons. The first-order valence-electron chi connectivity index (χ1n) is 12.0. The van der Waals surface area contributed by atoms with Gasteiger partial charge in [-0.1, -0.05) is 11.8 Å². The number of nitrogens with two attached hydrogens (primary N) is 2. The van der Waals surface area contributed by atoms with Gasteiger partial charge in [-0.05, 0) is 0 Å². The summed E-state index contributed by atoms with van der Waals surface area (Å²) in [6.45, 7) is -1.15. The van der Waals surface area contributed by atoms with E-state index in [-0.39, 0.29) is 34.1 Å². The summed E-state index contributed by atoms with van der Waals surface area (Å²) >= 11 is 10.1. The molecule has 2 fully saturated rings. The molecule has 16 nitrogen and oxygen atoms in total. The van der Waals surface area contributed by atoms with Gasteiger partial charge in [-0.25, -0.2) is 28.7 Å². The zero-order valence-corrected chi connectivity index (χ0v) is 23.2. The number of imidazole rings is 2. The van der Waals surface area contributed by atoms with Gasteiger partial charge in [0.25, 0.3) is 5.56 Å². The molecule has 0 bridgehead atoms. The van der Waals surface area contributed by atoms with E-state index >= 15 is 8.78 Å². The summed E-state index contributed by atoms with van der Waals surface area (Å²) in [6, 6.07) is 0. The van der Waals surface area contributed by atoms with E-state index in [2.05, 4.69) is 42.2 Å². The standard InChI is InChI=1S/C20H23F2N10O6PS2/c21-8-6(1-33)37-19(32-5-28-11-16(32)29-20(24)30-17(11)35)13(8)39(40,41)36-2-7-12(34)9(22)18(38-7)31-4-27-10-14(23)25-3-26-15(10)31/h3-9,12-13,18-19,33-34H,1-2H2,(H,40,41)(H2,23,25,26)(H3,24,29,30,35)/t6-,7-,8-,9+,12-,13-,18-,19-/m1/s1. The number of nitrogens with one attached hydrogen (secondary N) is 1. The fourth-order valence-electron chi connectivity index (χ4n) is 4.94. The molecule has 2 saturated heterocycles. The molecule has 0 amide bonds. The number of aromatic nitrogens is 8. The van der Waals surface area contributed by atoms with E-state index < -0.39 is 73.0 Å². The van der Waals surface area contributed by atoms with Crippen molar-refractivity contribution < 1.29 is 33.0 Å². The van der Waals surface area contributed by atoms with E-state index in [0.29, 0.717) is 0 Å². The molecule has 4 aromatic rings. The predicted octanol–water partition coefficient (Wildman–Crippen LogP) is -0.427. The highest BCUT2D eigenvalue weighted by molar-refractivity contribution is 8.62. The first kappa shape index (κ1) is 28.3. The minimum absolute atomic E-state index is 0.00922. The lowest BCUT2D eigenvalue weighted by Crippen LogP contribution is -2.33. The molecule has 0 aromatic carbocycles. The SMILES string of the molecule is Nc1nc2c(ncn2[C@@H]2O[C@H](CO)[C@@H](F)[C@H]2P(=S)(S)OC[C@H]2O[C@@H](n3cnc4c(N)ncnc43)[C@@H](F)[C@@H]2O)c(=O)[nH]1. The van der Waals surface area contributed by atoms with Crippen LogP contribution < -0.4 is 17.0 Å². The van der Waals surface area contributed by atoms with E-state index in [0.717, 1.165) is 0 Å². The number of nitrogens with zero attached hydrogens (tertiary/aromatic N) is 7.